The molecule has 0 aliphatic heterocycles. The average molecular weight is 369 g/mol. The van der Waals surface area contributed by atoms with Gasteiger partial charge in [0.15, 0.2) is 11.3 Å². The summed E-state index contributed by atoms with van der Waals surface area (Å²) < 4.78 is 40.9. The van der Waals surface area contributed by atoms with Gasteiger partial charge in [-0.2, -0.15) is 18.3 Å². The summed E-state index contributed by atoms with van der Waals surface area (Å²) in [5.74, 6) is -0.755. The Hall–Kier alpha value is -2.12. The summed E-state index contributed by atoms with van der Waals surface area (Å²) in [5, 5.41) is 12.6. The molecule has 26 heavy (non-hydrogen) atoms. The third-order valence-electron chi connectivity index (χ3n) is 5.19. The summed E-state index contributed by atoms with van der Waals surface area (Å²) in [4.78, 5) is 15.4. The highest BCUT2D eigenvalue weighted by Crippen LogP contribution is 2.39. The van der Waals surface area contributed by atoms with Crippen LogP contribution in [0.25, 0.3) is 5.65 Å². The Bertz CT molecular complexity index is 793. The molecule has 0 amide bonds. The maximum atomic E-state index is 13.4. The molecular weight excluding hydrogens is 347 g/mol. The quantitative estimate of drug-likeness (QED) is 0.813. The molecular formula is C18H22F3N3O2. The number of aromatic nitrogens is 3. The van der Waals surface area contributed by atoms with Gasteiger partial charge < -0.3 is 5.11 Å². The van der Waals surface area contributed by atoms with E-state index in [1.807, 2.05) is 0 Å². The number of halogens is 3. The van der Waals surface area contributed by atoms with Crippen LogP contribution in [-0.4, -0.2) is 25.7 Å². The molecule has 0 bridgehead atoms. The molecule has 1 aliphatic carbocycles. The van der Waals surface area contributed by atoms with Crippen molar-refractivity contribution in [2.24, 2.45) is 5.92 Å². The Morgan fingerprint density at radius 2 is 1.96 bits per heavy atom. The number of unbranched alkanes of at least 4 members (excludes halogenated alkanes) is 1. The molecule has 0 radical (unpaired) electrons. The van der Waals surface area contributed by atoms with Gasteiger partial charge in [-0.1, -0.05) is 26.2 Å². The summed E-state index contributed by atoms with van der Waals surface area (Å²) >= 11 is 0. The minimum Gasteiger partial charge on any atom is -0.476 e. The second-order valence-corrected chi connectivity index (χ2v) is 7.03. The normalized spacial score (nSPS) is 21.2. The number of hydrogen-bond donors (Lipinski definition) is 1. The van der Waals surface area contributed by atoms with Crippen molar-refractivity contribution in [3.05, 3.63) is 29.2 Å². The highest BCUT2D eigenvalue weighted by atomic mass is 19.4. The van der Waals surface area contributed by atoms with Gasteiger partial charge >= 0.3 is 12.1 Å². The second-order valence-electron chi connectivity index (χ2n) is 7.03. The van der Waals surface area contributed by atoms with E-state index < -0.39 is 23.5 Å². The molecule has 8 heteroatoms. The Morgan fingerprint density at radius 1 is 1.27 bits per heavy atom. The molecule has 0 saturated heterocycles. The highest BCUT2D eigenvalue weighted by Gasteiger charge is 2.36. The number of carbonyl (C=O) groups is 1. The SMILES string of the molecule is CCCCC1CCC(c2cc(C(F)(F)F)n3nc(C(=O)O)cc3n2)CC1. The molecule has 3 rings (SSSR count). The van der Waals surface area contributed by atoms with Crippen LogP contribution in [0.2, 0.25) is 0 Å². The largest absolute Gasteiger partial charge is 0.476 e. The van der Waals surface area contributed by atoms with E-state index in [2.05, 4.69) is 17.0 Å². The lowest BCUT2D eigenvalue weighted by atomic mass is 9.78. The molecule has 1 saturated carbocycles. The molecule has 0 spiro atoms. The van der Waals surface area contributed by atoms with Crippen LogP contribution in [0.4, 0.5) is 13.2 Å². The van der Waals surface area contributed by atoms with Gasteiger partial charge in [0.05, 0.1) is 0 Å². The van der Waals surface area contributed by atoms with E-state index in [9.17, 15) is 18.0 Å². The van der Waals surface area contributed by atoms with Crippen LogP contribution in [0, 0.1) is 5.92 Å². The first kappa shape index (κ1) is 18.7. The second kappa shape index (κ2) is 7.25. The van der Waals surface area contributed by atoms with Gasteiger partial charge in [0.2, 0.25) is 0 Å². The monoisotopic (exact) mass is 369 g/mol. The lowest BCUT2D eigenvalue weighted by Crippen LogP contribution is -2.18. The van der Waals surface area contributed by atoms with Crippen molar-refractivity contribution in [1.82, 2.24) is 14.6 Å². The van der Waals surface area contributed by atoms with Gasteiger partial charge in [-0.3, -0.25) is 0 Å². The molecule has 1 aliphatic rings. The zero-order chi connectivity index (χ0) is 18.9. The van der Waals surface area contributed by atoms with Crippen LogP contribution in [0.3, 0.4) is 0 Å². The number of rotatable bonds is 5. The predicted molar refractivity (Wildman–Crippen MR) is 89.2 cm³/mol. The minimum atomic E-state index is -4.63. The molecule has 0 unspecified atom stereocenters. The lowest BCUT2D eigenvalue weighted by Gasteiger charge is -2.28. The van der Waals surface area contributed by atoms with Crippen LogP contribution in [0.1, 0.15) is 79.7 Å². The molecule has 2 heterocycles. The van der Waals surface area contributed by atoms with Crippen molar-refractivity contribution >= 4 is 11.6 Å². The standard InChI is InChI=1S/C18H22F3N3O2/c1-2-3-4-11-5-7-12(8-6-11)13-9-15(18(19,20)21)24-16(22-13)10-14(23-24)17(25)26/h9-12H,2-8H2,1H3,(H,25,26). The van der Waals surface area contributed by atoms with E-state index in [0.717, 1.165) is 44.2 Å². The number of nitrogens with zero attached hydrogens (tertiary/aromatic N) is 3. The molecule has 1 fully saturated rings. The molecule has 1 N–H and O–H groups in total. The number of fused-ring (bicyclic) bond motifs is 1. The smallest absolute Gasteiger partial charge is 0.433 e. The van der Waals surface area contributed by atoms with Crippen LogP contribution in [0.15, 0.2) is 12.1 Å². The van der Waals surface area contributed by atoms with E-state index in [-0.39, 0.29) is 11.6 Å². The molecule has 0 atom stereocenters. The van der Waals surface area contributed by atoms with Gasteiger partial charge in [0.25, 0.3) is 0 Å². The van der Waals surface area contributed by atoms with E-state index in [1.54, 1.807) is 0 Å². The summed E-state index contributed by atoms with van der Waals surface area (Å²) in [5.41, 5.74) is -1.10. The first-order valence-corrected chi connectivity index (χ1v) is 9.00. The zero-order valence-electron chi connectivity index (χ0n) is 14.6. The van der Waals surface area contributed by atoms with Crippen molar-refractivity contribution in [2.75, 3.05) is 0 Å². The molecule has 2 aromatic rings. The van der Waals surface area contributed by atoms with Crippen LogP contribution < -0.4 is 0 Å². The molecule has 5 nitrogen and oxygen atoms in total. The number of hydrogen-bond acceptors (Lipinski definition) is 3. The van der Waals surface area contributed by atoms with Crippen molar-refractivity contribution in [3.63, 3.8) is 0 Å². The van der Waals surface area contributed by atoms with Gasteiger partial charge in [-0.05, 0) is 37.7 Å². The first-order valence-electron chi connectivity index (χ1n) is 9.00. The van der Waals surface area contributed by atoms with Gasteiger partial charge in [0, 0.05) is 17.7 Å². The van der Waals surface area contributed by atoms with E-state index >= 15 is 0 Å². The van der Waals surface area contributed by atoms with Crippen LogP contribution >= 0.6 is 0 Å². The number of alkyl halides is 3. The van der Waals surface area contributed by atoms with Crippen molar-refractivity contribution < 1.29 is 23.1 Å². The van der Waals surface area contributed by atoms with Crippen molar-refractivity contribution in [1.29, 1.82) is 0 Å². The van der Waals surface area contributed by atoms with Crippen LogP contribution in [-0.2, 0) is 6.18 Å². The fourth-order valence-electron chi connectivity index (χ4n) is 3.75. The summed E-state index contributed by atoms with van der Waals surface area (Å²) in [7, 11) is 0. The van der Waals surface area contributed by atoms with Gasteiger partial charge in [-0.15, -0.1) is 0 Å². The summed E-state index contributed by atoms with van der Waals surface area (Å²) in [6.07, 6.45) is 2.51. The average Bonchev–Trinajstić information content (AvgIpc) is 3.03. The number of carboxylic acid groups (broad SMARTS) is 1. The summed E-state index contributed by atoms with van der Waals surface area (Å²) in [6.45, 7) is 2.15. The Labute approximate surface area is 149 Å². The van der Waals surface area contributed by atoms with Crippen molar-refractivity contribution in [2.45, 2.75) is 64.0 Å². The maximum absolute atomic E-state index is 13.4. The fraction of sp³-hybridized carbons (Fsp3) is 0.611. The third-order valence-corrected chi connectivity index (χ3v) is 5.19. The fourth-order valence-corrected chi connectivity index (χ4v) is 3.75. The summed E-state index contributed by atoms with van der Waals surface area (Å²) in [6, 6.07) is 2.12. The van der Waals surface area contributed by atoms with Gasteiger partial charge in [0.1, 0.15) is 5.69 Å². The highest BCUT2D eigenvalue weighted by molar-refractivity contribution is 5.86. The maximum Gasteiger partial charge on any atom is 0.433 e. The Kier molecular flexibility index (Phi) is 5.20. The molecule has 2 aromatic heterocycles. The Balaban J connectivity index is 1.91. The lowest BCUT2D eigenvalue weighted by molar-refractivity contribution is -0.142. The topological polar surface area (TPSA) is 67.5 Å². The number of aromatic carboxylic acids is 1. The van der Waals surface area contributed by atoms with Gasteiger partial charge in [-0.25, -0.2) is 14.3 Å². The minimum absolute atomic E-state index is 0.0258. The van der Waals surface area contributed by atoms with E-state index in [4.69, 9.17) is 5.11 Å². The number of carboxylic acids is 1. The third kappa shape index (κ3) is 3.83. The predicted octanol–water partition coefficient (Wildman–Crippen LogP) is 4.91. The first-order chi connectivity index (χ1) is 12.3. The van der Waals surface area contributed by atoms with E-state index in [0.29, 0.717) is 16.1 Å². The molecule has 0 aromatic carbocycles. The Morgan fingerprint density at radius 3 is 2.54 bits per heavy atom. The van der Waals surface area contributed by atoms with E-state index in [1.165, 1.54) is 12.8 Å². The zero-order valence-corrected chi connectivity index (χ0v) is 14.6. The van der Waals surface area contributed by atoms with Crippen molar-refractivity contribution in [3.8, 4) is 0 Å². The van der Waals surface area contributed by atoms with Crippen LogP contribution in [0.5, 0.6) is 0 Å². The molecule has 142 valence electrons.